The van der Waals surface area contributed by atoms with E-state index in [0.29, 0.717) is 24.3 Å². The molecule has 0 saturated carbocycles. The largest absolute Gasteiger partial charge is 0.353 e. The first kappa shape index (κ1) is 16.9. The van der Waals surface area contributed by atoms with Crippen molar-refractivity contribution in [3.05, 3.63) is 54.0 Å². The van der Waals surface area contributed by atoms with Gasteiger partial charge in [-0.2, -0.15) is 0 Å². The Labute approximate surface area is 145 Å². The first-order valence-corrected chi connectivity index (χ1v) is 8.09. The summed E-state index contributed by atoms with van der Waals surface area (Å²) in [6.45, 7) is 2.82. The average Bonchev–Trinajstić information content (AvgIpc) is 2.62. The van der Waals surface area contributed by atoms with Crippen LogP contribution in [0.15, 0.2) is 42.6 Å². The van der Waals surface area contributed by atoms with Crippen LogP contribution < -0.4 is 10.2 Å². The molecule has 1 saturated heterocycles. The molecule has 130 valence electrons. The Kier molecular flexibility index (Phi) is 5.23. The van der Waals surface area contributed by atoms with Gasteiger partial charge in [0.2, 0.25) is 12.3 Å². The number of nitrogens with one attached hydrogen (secondary N) is 1. The molecule has 25 heavy (non-hydrogen) atoms. The van der Waals surface area contributed by atoms with E-state index in [0.717, 1.165) is 25.3 Å². The molecular weight excluding hydrogens is 323 g/mol. The first-order valence-electron chi connectivity index (χ1n) is 8.09. The number of benzene rings is 1. The van der Waals surface area contributed by atoms with Crippen LogP contribution in [-0.2, 0) is 16.0 Å². The standard InChI is InChI=1S/C18H19FN4O2/c19-15-3-1-2-14(10-15)11-18(25)21-16-4-5-17(20-12-16)23-8-6-22(13-24)7-9-23/h1-5,10,12-13H,6-9,11H2,(H,21,25). The van der Waals surface area contributed by atoms with Gasteiger partial charge in [-0.1, -0.05) is 12.1 Å². The molecule has 1 aromatic heterocycles. The molecule has 0 spiro atoms. The van der Waals surface area contributed by atoms with E-state index in [9.17, 15) is 14.0 Å². The molecule has 2 heterocycles. The molecule has 1 aliphatic rings. The van der Waals surface area contributed by atoms with E-state index in [1.54, 1.807) is 29.3 Å². The Morgan fingerprint density at radius 1 is 1.20 bits per heavy atom. The average molecular weight is 342 g/mol. The van der Waals surface area contributed by atoms with Gasteiger partial charge in [0.1, 0.15) is 11.6 Å². The van der Waals surface area contributed by atoms with Gasteiger partial charge in [-0.15, -0.1) is 0 Å². The van der Waals surface area contributed by atoms with Crippen LogP contribution in [0.2, 0.25) is 0 Å². The molecule has 1 fully saturated rings. The van der Waals surface area contributed by atoms with E-state index in [1.165, 1.54) is 12.1 Å². The zero-order chi connectivity index (χ0) is 17.6. The summed E-state index contributed by atoms with van der Waals surface area (Å²) in [5, 5.41) is 2.76. The lowest BCUT2D eigenvalue weighted by molar-refractivity contribution is -0.118. The van der Waals surface area contributed by atoms with Crippen LogP contribution in [0.1, 0.15) is 5.56 Å². The molecule has 0 radical (unpaired) electrons. The van der Waals surface area contributed by atoms with Gasteiger partial charge in [-0.3, -0.25) is 9.59 Å². The number of halogens is 1. The van der Waals surface area contributed by atoms with Crippen LogP contribution in [0.25, 0.3) is 0 Å². The molecule has 0 atom stereocenters. The van der Waals surface area contributed by atoms with Crippen molar-refractivity contribution < 1.29 is 14.0 Å². The third-order valence-electron chi connectivity index (χ3n) is 4.07. The Balaban J connectivity index is 1.55. The summed E-state index contributed by atoms with van der Waals surface area (Å²) in [7, 11) is 0. The van der Waals surface area contributed by atoms with Crippen LogP contribution in [0.3, 0.4) is 0 Å². The predicted octanol–water partition coefficient (Wildman–Crippen LogP) is 1.68. The summed E-state index contributed by atoms with van der Waals surface area (Å²) in [6.07, 6.45) is 2.57. The number of aromatic nitrogens is 1. The minimum absolute atomic E-state index is 0.104. The highest BCUT2D eigenvalue weighted by Gasteiger charge is 2.16. The van der Waals surface area contributed by atoms with Crippen molar-refractivity contribution in [2.75, 3.05) is 36.4 Å². The number of nitrogens with zero attached hydrogens (tertiary/aromatic N) is 3. The van der Waals surface area contributed by atoms with Gasteiger partial charge in [-0.25, -0.2) is 9.37 Å². The first-order chi connectivity index (χ1) is 12.1. The van der Waals surface area contributed by atoms with Crippen LogP contribution in [0.5, 0.6) is 0 Å². The number of carbonyl (C=O) groups excluding carboxylic acids is 2. The number of anilines is 2. The smallest absolute Gasteiger partial charge is 0.228 e. The van der Waals surface area contributed by atoms with Gasteiger partial charge < -0.3 is 15.1 Å². The summed E-state index contributed by atoms with van der Waals surface area (Å²) >= 11 is 0. The van der Waals surface area contributed by atoms with Crippen molar-refractivity contribution in [2.24, 2.45) is 0 Å². The maximum Gasteiger partial charge on any atom is 0.228 e. The van der Waals surface area contributed by atoms with Gasteiger partial charge >= 0.3 is 0 Å². The Hall–Kier alpha value is -2.96. The van der Waals surface area contributed by atoms with Gasteiger partial charge in [0, 0.05) is 26.2 Å². The zero-order valence-corrected chi connectivity index (χ0v) is 13.7. The van der Waals surface area contributed by atoms with E-state index < -0.39 is 0 Å². The second-order valence-electron chi connectivity index (χ2n) is 5.89. The van der Waals surface area contributed by atoms with Crippen molar-refractivity contribution in [1.82, 2.24) is 9.88 Å². The van der Waals surface area contributed by atoms with E-state index in [4.69, 9.17) is 0 Å². The molecule has 2 aromatic rings. The number of hydrogen-bond acceptors (Lipinski definition) is 4. The Morgan fingerprint density at radius 3 is 2.64 bits per heavy atom. The van der Waals surface area contributed by atoms with Crippen LogP contribution >= 0.6 is 0 Å². The fourth-order valence-electron chi connectivity index (χ4n) is 2.74. The third kappa shape index (κ3) is 4.53. The van der Waals surface area contributed by atoms with Gasteiger partial charge in [0.15, 0.2) is 0 Å². The monoisotopic (exact) mass is 342 g/mol. The lowest BCUT2D eigenvalue weighted by Crippen LogP contribution is -2.46. The highest BCUT2D eigenvalue weighted by molar-refractivity contribution is 5.92. The summed E-state index contributed by atoms with van der Waals surface area (Å²) < 4.78 is 13.1. The number of piperazine rings is 1. The number of carbonyl (C=O) groups is 2. The van der Waals surface area contributed by atoms with Crippen molar-refractivity contribution >= 4 is 23.8 Å². The summed E-state index contributed by atoms with van der Waals surface area (Å²) in [6, 6.07) is 9.62. The fraction of sp³-hybridized carbons (Fsp3) is 0.278. The number of rotatable bonds is 5. The summed E-state index contributed by atoms with van der Waals surface area (Å²) in [5.74, 6) is 0.236. The molecule has 0 unspecified atom stereocenters. The molecule has 6 nitrogen and oxygen atoms in total. The number of pyridine rings is 1. The lowest BCUT2D eigenvalue weighted by Gasteiger charge is -2.33. The lowest BCUT2D eigenvalue weighted by atomic mass is 10.1. The normalized spacial score (nSPS) is 14.3. The minimum atomic E-state index is -0.356. The molecule has 2 amide bonds. The molecule has 1 aliphatic heterocycles. The maximum absolute atomic E-state index is 13.1. The van der Waals surface area contributed by atoms with Crippen LogP contribution in [-0.4, -0.2) is 48.4 Å². The highest BCUT2D eigenvalue weighted by Crippen LogP contribution is 2.16. The predicted molar refractivity (Wildman–Crippen MR) is 92.8 cm³/mol. The number of hydrogen-bond donors (Lipinski definition) is 1. The molecule has 0 bridgehead atoms. The van der Waals surface area contributed by atoms with E-state index in [-0.39, 0.29) is 18.1 Å². The molecule has 1 N–H and O–H groups in total. The zero-order valence-electron chi connectivity index (χ0n) is 13.7. The van der Waals surface area contributed by atoms with Crippen molar-refractivity contribution in [2.45, 2.75) is 6.42 Å². The van der Waals surface area contributed by atoms with Gasteiger partial charge in [0.25, 0.3) is 0 Å². The second kappa shape index (κ2) is 7.74. The fourth-order valence-corrected chi connectivity index (χ4v) is 2.74. The van der Waals surface area contributed by atoms with Crippen LogP contribution in [0, 0.1) is 5.82 Å². The van der Waals surface area contributed by atoms with Crippen molar-refractivity contribution in [3.8, 4) is 0 Å². The van der Waals surface area contributed by atoms with Gasteiger partial charge in [-0.05, 0) is 29.8 Å². The summed E-state index contributed by atoms with van der Waals surface area (Å²) in [4.78, 5) is 31.0. The topological polar surface area (TPSA) is 65.5 Å². The van der Waals surface area contributed by atoms with Crippen molar-refractivity contribution in [1.29, 1.82) is 0 Å². The molecule has 7 heteroatoms. The Morgan fingerprint density at radius 2 is 2.00 bits per heavy atom. The molecular formula is C18H19FN4O2. The molecule has 0 aliphatic carbocycles. The van der Waals surface area contributed by atoms with E-state index >= 15 is 0 Å². The minimum Gasteiger partial charge on any atom is -0.353 e. The van der Waals surface area contributed by atoms with Crippen molar-refractivity contribution in [3.63, 3.8) is 0 Å². The third-order valence-corrected chi connectivity index (χ3v) is 4.07. The Bertz CT molecular complexity index is 743. The maximum atomic E-state index is 13.1. The number of amides is 2. The molecule has 3 rings (SSSR count). The summed E-state index contributed by atoms with van der Waals surface area (Å²) in [5.41, 5.74) is 1.21. The van der Waals surface area contributed by atoms with E-state index in [1.807, 2.05) is 6.07 Å². The van der Waals surface area contributed by atoms with Gasteiger partial charge in [0.05, 0.1) is 18.3 Å². The SMILES string of the molecule is O=CN1CCN(c2ccc(NC(=O)Cc3cccc(F)c3)cn2)CC1. The molecule has 1 aromatic carbocycles. The quantitative estimate of drug-likeness (QED) is 0.840. The van der Waals surface area contributed by atoms with E-state index in [2.05, 4.69) is 15.2 Å². The highest BCUT2D eigenvalue weighted by atomic mass is 19.1. The van der Waals surface area contributed by atoms with Crippen LogP contribution in [0.4, 0.5) is 15.9 Å². The second-order valence-corrected chi connectivity index (χ2v) is 5.89.